The van der Waals surface area contributed by atoms with Gasteiger partial charge in [0.15, 0.2) is 0 Å². The van der Waals surface area contributed by atoms with Crippen LogP contribution >= 0.6 is 0 Å². The summed E-state index contributed by atoms with van der Waals surface area (Å²) < 4.78 is 5.57. The van der Waals surface area contributed by atoms with Crippen LogP contribution in [-0.2, 0) is 4.74 Å². The predicted octanol–water partition coefficient (Wildman–Crippen LogP) is 0.870. The number of rotatable bonds is 4. The first kappa shape index (κ1) is 11.8. The molecule has 90 valence electrons. The Morgan fingerprint density at radius 2 is 2.53 bits per heavy atom. The standard InChI is InChI=1S/C12H16N4O/c1-2-17-11-6-10(14)12(11)16-8-3-4-15-9(5-8)7-13/h3-5,10-12H,2,6,14H2,1H3,(H,15,16). The summed E-state index contributed by atoms with van der Waals surface area (Å²) in [7, 11) is 0. The van der Waals surface area contributed by atoms with Gasteiger partial charge < -0.3 is 15.8 Å². The molecule has 1 fully saturated rings. The maximum Gasteiger partial charge on any atom is 0.142 e. The molecule has 1 aromatic heterocycles. The van der Waals surface area contributed by atoms with Gasteiger partial charge >= 0.3 is 0 Å². The quantitative estimate of drug-likeness (QED) is 0.804. The topological polar surface area (TPSA) is 84.0 Å². The van der Waals surface area contributed by atoms with Gasteiger partial charge in [-0.25, -0.2) is 4.98 Å². The zero-order valence-corrected chi connectivity index (χ0v) is 9.76. The molecule has 0 saturated heterocycles. The number of anilines is 1. The first-order valence-corrected chi connectivity index (χ1v) is 5.74. The van der Waals surface area contributed by atoms with Crippen molar-refractivity contribution in [1.29, 1.82) is 5.26 Å². The lowest BCUT2D eigenvalue weighted by molar-refractivity contribution is -0.0126. The normalized spacial score (nSPS) is 27.0. The van der Waals surface area contributed by atoms with Crippen molar-refractivity contribution in [2.24, 2.45) is 5.73 Å². The molecule has 3 N–H and O–H groups in total. The number of nitrogens with one attached hydrogen (secondary N) is 1. The van der Waals surface area contributed by atoms with E-state index in [0.29, 0.717) is 12.3 Å². The second kappa shape index (κ2) is 5.13. The minimum absolute atomic E-state index is 0.102. The van der Waals surface area contributed by atoms with E-state index in [1.807, 2.05) is 19.1 Å². The Morgan fingerprint density at radius 1 is 1.71 bits per heavy atom. The Balaban J connectivity index is 2.02. The highest BCUT2D eigenvalue weighted by Crippen LogP contribution is 2.26. The summed E-state index contributed by atoms with van der Waals surface area (Å²) in [6.07, 6.45) is 2.65. The van der Waals surface area contributed by atoms with Crippen LogP contribution in [0.3, 0.4) is 0 Å². The first-order valence-electron chi connectivity index (χ1n) is 5.74. The fourth-order valence-electron chi connectivity index (χ4n) is 2.00. The molecular weight excluding hydrogens is 216 g/mol. The van der Waals surface area contributed by atoms with Crippen molar-refractivity contribution in [2.75, 3.05) is 11.9 Å². The summed E-state index contributed by atoms with van der Waals surface area (Å²) in [5.74, 6) is 0. The minimum Gasteiger partial charge on any atom is -0.378 e. The number of nitriles is 1. The Kier molecular flexibility index (Phi) is 3.57. The smallest absolute Gasteiger partial charge is 0.142 e. The van der Waals surface area contributed by atoms with E-state index in [-0.39, 0.29) is 18.2 Å². The molecule has 5 heteroatoms. The summed E-state index contributed by atoms with van der Waals surface area (Å²) in [5.41, 5.74) is 7.20. The van der Waals surface area contributed by atoms with Gasteiger partial charge in [-0.3, -0.25) is 0 Å². The summed E-state index contributed by atoms with van der Waals surface area (Å²) in [5, 5.41) is 12.1. The van der Waals surface area contributed by atoms with Crippen LogP contribution < -0.4 is 11.1 Å². The van der Waals surface area contributed by atoms with Crippen LogP contribution in [0.1, 0.15) is 19.0 Å². The van der Waals surface area contributed by atoms with E-state index in [9.17, 15) is 0 Å². The van der Waals surface area contributed by atoms with Gasteiger partial charge in [-0.1, -0.05) is 0 Å². The third kappa shape index (κ3) is 2.54. The van der Waals surface area contributed by atoms with E-state index in [1.165, 1.54) is 0 Å². The third-order valence-corrected chi connectivity index (χ3v) is 2.95. The van der Waals surface area contributed by atoms with Crippen LogP contribution in [0, 0.1) is 11.3 Å². The zero-order chi connectivity index (χ0) is 12.3. The second-order valence-corrected chi connectivity index (χ2v) is 4.11. The molecule has 5 nitrogen and oxygen atoms in total. The van der Waals surface area contributed by atoms with Gasteiger partial charge in [-0.2, -0.15) is 5.26 Å². The van der Waals surface area contributed by atoms with Gasteiger partial charge in [0.2, 0.25) is 0 Å². The highest BCUT2D eigenvalue weighted by Gasteiger charge is 2.39. The average Bonchev–Trinajstić information content (AvgIpc) is 2.36. The molecule has 1 saturated carbocycles. The van der Waals surface area contributed by atoms with Gasteiger partial charge in [0, 0.05) is 24.5 Å². The maximum atomic E-state index is 8.77. The molecule has 3 unspecified atom stereocenters. The highest BCUT2D eigenvalue weighted by molar-refractivity contribution is 5.47. The molecule has 0 amide bonds. The van der Waals surface area contributed by atoms with Gasteiger partial charge in [0.05, 0.1) is 12.1 Å². The maximum absolute atomic E-state index is 8.77. The van der Waals surface area contributed by atoms with Gasteiger partial charge in [0.25, 0.3) is 0 Å². The molecule has 1 heterocycles. The molecule has 3 atom stereocenters. The first-order chi connectivity index (χ1) is 8.24. The lowest BCUT2D eigenvalue weighted by Gasteiger charge is -2.43. The van der Waals surface area contributed by atoms with Crippen molar-refractivity contribution in [1.82, 2.24) is 4.98 Å². The SMILES string of the molecule is CCOC1CC(N)C1Nc1ccnc(C#N)c1. The number of aromatic nitrogens is 1. The monoisotopic (exact) mass is 232 g/mol. The summed E-state index contributed by atoms with van der Waals surface area (Å²) in [6, 6.07) is 5.77. The highest BCUT2D eigenvalue weighted by atomic mass is 16.5. The molecule has 0 aromatic carbocycles. The summed E-state index contributed by atoms with van der Waals surface area (Å²) in [6.45, 7) is 2.66. The Bertz CT molecular complexity index is 427. The minimum atomic E-state index is 0.102. The Hall–Kier alpha value is -1.64. The molecule has 0 radical (unpaired) electrons. The molecule has 0 bridgehead atoms. The van der Waals surface area contributed by atoms with Gasteiger partial charge in [-0.05, 0) is 25.5 Å². The van der Waals surface area contributed by atoms with Crippen LogP contribution in [0.5, 0.6) is 0 Å². The number of nitrogens with zero attached hydrogens (tertiary/aromatic N) is 2. The lowest BCUT2D eigenvalue weighted by Crippen LogP contribution is -2.60. The number of hydrogen-bond acceptors (Lipinski definition) is 5. The van der Waals surface area contributed by atoms with E-state index in [0.717, 1.165) is 12.1 Å². The molecule has 1 aliphatic carbocycles. The third-order valence-electron chi connectivity index (χ3n) is 2.95. The lowest BCUT2D eigenvalue weighted by atomic mass is 9.83. The largest absolute Gasteiger partial charge is 0.378 e. The van der Waals surface area contributed by atoms with Gasteiger partial charge in [0.1, 0.15) is 11.8 Å². The molecule has 2 rings (SSSR count). The van der Waals surface area contributed by atoms with Crippen LogP contribution in [0.4, 0.5) is 5.69 Å². The van der Waals surface area contributed by atoms with E-state index < -0.39 is 0 Å². The number of pyridine rings is 1. The second-order valence-electron chi connectivity index (χ2n) is 4.11. The van der Waals surface area contributed by atoms with Crippen molar-refractivity contribution < 1.29 is 4.74 Å². The van der Waals surface area contributed by atoms with Crippen molar-refractivity contribution in [3.05, 3.63) is 24.0 Å². The number of hydrogen-bond donors (Lipinski definition) is 2. The van der Waals surface area contributed by atoms with E-state index in [4.69, 9.17) is 15.7 Å². The molecule has 0 spiro atoms. The fourth-order valence-corrected chi connectivity index (χ4v) is 2.00. The van der Waals surface area contributed by atoms with Crippen LogP contribution in [0.25, 0.3) is 0 Å². The average molecular weight is 232 g/mol. The molecule has 1 aromatic rings. The van der Waals surface area contributed by atoms with Crippen molar-refractivity contribution in [3.63, 3.8) is 0 Å². The predicted molar refractivity (Wildman–Crippen MR) is 64.4 cm³/mol. The molecule has 17 heavy (non-hydrogen) atoms. The van der Waals surface area contributed by atoms with Crippen LogP contribution in [0.2, 0.25) is 0 Å². The fraction of sp³-hybridized carbons (Fsp3) is 0.500. The van der Waals surface area contributed by atoms with E-state index >= 15 is 0 Å². The Morgan fingerprint density at radius 3 is 3.18 bits per heavy atom. The molecule has 0 aliphatic heterocycles. The van der Waals surface area contributed by atoms with Crippen molar-refractivity contribution >= 4 is 5.69 Å². The molecular formula is C12H16N4O. The Labute approximate surface area is 101 Å². The van der Waals surface area contributed by atoms with Crippen LogP contribution in [0.15, 0.2) is 18.3 Å². The summed E-state index contributed by atoms with van der Waals surface area (Å²) >= 11 is 0. The zero-order valence-electron chi connectivity index (χ0n) is 9.76. The number of ether oxygens (including phenoxy) is 1. The van der Waals surface area contributed by atoms with Crippen molar-refractivity contribution in [3.8, 4) is 6.07 Å². The summed E-state index contributed by atoms with van der Waals surface area (Å²) in [4.78, 5) is 3.92. The van der Waals surface area contributed by atoms with Crippen LogP contribution in [-0.4, -0.2) is 29.8 Å². The number of nitrogens with two attached hydrogens (primary N) is 1. The molecule has 1 aliphatic rings. The van der Waals surface area contributed by atoms with E-state index in [2.05, 4.69) is 10.3 Å². The van der Waals surface area contributed by atoms with Crippen molar-refractivity contribution in [2.45, 2.75) is 31.5 Å². The van der Waals surface area contributed by atoms with E-state index in [1.54, 1.807) is 12.3 Å². The van der Waals surface area contributed by atoms with Gasteiger partial charge in [-0.15, -0.1) is 0 Å².